The van der Waals surface area contributed by atoms with Crippen molar-refractivity contribution in [2.45, 2.75) is 81.6 Å². The first kappa shape index (κ1) is 41.3. The van der Waals surface area contributed by atoms with Gasteiger partial charge in [0.05, 0.1) is 0 Å². The predicted octanol–water partition coefficient (Wildman–Crippen LogP) is 6.06. The number of ether oxygens (including phenoxy) is 2. The first-order valence-electron chi connectivity index (χ1n) is 11.2. The maximum absolute atomic E-state index is 14.5. The normalized spacial score (nSPS) is 18.0. The Labute approximate surface area is 231 Å². The zero-order valence-corrected chi connectivity index (χ0v) is 22.6. The van der Waals surface area contributed by atoms with Crippen LogP contribution in [0.25, 0.3) is 0 Å². The van der Waals surface area contributed by atoms with E-state index in [1.165, 1.54) is 25.5 Å². The largest absolute Gasteiger partial charge is 0.858 e. The maximum Gasteiger partial charge on any atom is 0.500 e. The van der Waals surface area contributed by atoms with Crippen LogP contribution in [0.4, 0.5) is 74.6 Å². The first-order valence-corrected chi connectivity index (χ1v) is 13.2. The standard InChI is InChI=1S/C18H22F17NO6Si/c1-4-38-43(39-5-2,40-6-3)9-7-8-36-10(37)11(19,14(23,24)25)41-18(34,35)13(22,16(29,30)31)42-17(32,33)12(20,21)15(26,27)28/h4-9H2,1-3H3,(H,36,37)/p-1. The fraction of sp³-hybridized carbons (Fsp3) is 0.944. The molecule has 2 atom stereocenters. The second kappa shape index (κ2) is 13.7. The average molecular weight is 698 g/mol. The summed E-state index contributed by atoms with van der Waals surface area (Å²) in [5, 5.41) is 11.8. The van der Waals surface area contributed by atoms with E-state index in [9.17, 15) is 79.7 Å². The van der Waals surface area contributed by atoms with E-state index in [0.29, 0.717) is 0 Å². The molecule has 0 bridgehead atoms. The van der Waals surface area contributed by atoms with Crippen LogP contribution in [0.2, 0.25) is 6.04 Å². The summed E-state index contributed by atoms with van der Waals surface area (Å²) in [6, 6.07) is -0.403. The van der Waals surface area contributed by atoms with Crippen LogP contribution in [0, 0.1) is 0 Å². The predicted molar refractivity (Wildman–Crippen MR) is 105 cm³/mol. The van der Waals surface area contributed by atoms with Gasteiger partial charge in [0, 0.05) is 38.3 Å². The van der Waals surface area contributed by atoms with Gasteiger partial charge < -0.3 is 18.4 Å². The number of hydrogen-bond acceptors (Lipinski definition) is 7. The molecule has 7 nitrogen and oxygen atoms in total. The highest BCUT2D eigenvalue weighted by Gasteiger charge is 2.85. The molecule has 0 radical (unpaired) electrons. The van der Waals surface area contributed by atoms with Crippen molar-refractivity contribution >= 4 is 14.7 Å². The van der Waals surface area contributed by atoms with Crippen molar-refractivity contribution in [2.24, 2.45) is 4.99 Å². The number of rotatable bonds is 17. The molecule has 0 fully saturated rings. The highest BCUT2D eigenvalue weighted by molar-refractivity contribution is 6.60. The number of hydrogen-bond donors (Lipinski definition) is 0. The summed E-state index contributed by atoms with van der Waals surface area (Å²) in [6.45, 7) is 2.85. The minimum atomic E-state index is -8.08. The molecule has 43 heavy (non-hydrogen) atoms. The molecule has 0 amide bonds. The third kappa shape index (κ3) is 8.94. The van der Waals surface area contributed by atoms with Crippen molar-refractivity contribution in [3.05, 3.63) is 0 Å². The molecule has 0 spiro atoms. The number of halogens is 17. The Morgan fingerprint density at radius 3 is 1.35 bits per heavy atom. The summed E-state index contributed by atoms with van der Waals surface area (Å²) >= 11 is 0. The molecule has 258 valence electrons. The summed E-state index contributed by atoms with van der Waals surface area (Å²) in [4.78, 5) is 2.32. The summed E-state index contributed by atoms with van der Waals surface area (Å²) < 4.78 is 244. The lowest BCUT2D eigenvalue weighted by molar-refractivity contribution is -0.549. The van der Waals surface area contributed by atoms with E-state index in [2.05, 4.69) is 4.99 Å². The smallest absolute Gasteiger partial charge is 0.500 e. The van der Waals surface area contributed by atoms with E-state index >= 15 is 0 Å². The van der Waals surface area contributed by atoms with E-state index in [0.717, 1.165) is 0 Å². The van der Waals surface area contributed by atoms with Gasteiger partial charge in [-0.05, 0) is 27.2 Å². The molecule has 0 N–H and O–H groups in total. The van der Waals surface area contributed by atoms with Gasteiger partial charge in [-0.25, -0.2) is 0 Å². The lowest BCUT2D eigenvalue weighted by atomic mass is 10.2. The summed E-state index contributed by atoms with van der Waals surface area (Å²) in [7, 11) is -3.63. The number of alkyl halides is 17. The molecule has 0 aliphatic carbocycles. The molecule has 0 aliphatic rings. The van der Waals surface area contributed by atoms with Crippen molar-refractivity contribution in [3.8, 4) is 0 Å². The van der Waals surface area contributed by atoms with Gasteiger partial charge in [0.2, 0.25) is 0 Å². The van der Waals surface area contributed by atoms with E-state index in [4.69, 9.17) is 13.3 Å². The maximum atomic E-state index is 14.5. The van der Waals surface area contributed by atoms with E-state index in [1.807, 2.05) is 4.74 Å². The molecule has 0 aromatic heterocycles. The molecule has 2 unspecified atom stereocenters. The summed E-state index contributed by atoms with van der Waals surface area (Å²) in [5.74, 6) is -26.4. The number of nitrogens with zero attached hydrogens (tertiary/aromatic N) is 1. The van der Waals surface area contributed by atoms with Crippen LogP contribution in [-0.2, 0) is 22.8 Å². The topological polar surface area (TPSA) is 81.6 Å². The molecular formula is C18H21F17NO6Si-. The van der Waals surface area contributed by atoms with Crippen LogP contribution in [0.3, 0.4) is 0 Å². The van der Waals surface area contributed by atoms with E-state index < -0.39 is 82.1 Å². The fourth-order valence-electron chi connectivity index (χ4n) is 2.73. The van der Waals surface area contributed by atoms with Gasteiger partial charge in [0.25, 0.3) is 0 Å². The molecule has 0 saturated carbocycles. The van der Waals surface area contributed by atoms with Gasteiger partial charge in [-0.2, -0.15) is 74.6 Å². The van der Waals surface area contributed by atoms with E-state index in [-0.39, 0.29) is 19.8 Å². The Balaban J connectivity index is 6.55. The quantitative estimate of drug-likeness (QED) is 0.0605. The Hall–Kier alpha value is -1.70. The van der Waals surface area contributed by atoms with Crippen LogP contribution >= 0.6 is 0 Å². The van der Waals surface area contributed by atoms with Gasteiger partial charge in [0.15, 0.2) is 0 Å². The first-order chi connectivity index (χ1) is 19.0. The molecular weight excluding hydrogens is 677 g/mol. The fourth-order valence-corrected chi connectivity index (χ4v) is 5.33. The second-order valence-corrected chi connectivity index (χ2v) is 10.5. The molecule has 0 rings (SSSR count). The summed E-state index contributed by atoms with van der Waals surface area (Å²) in [6.07, 6.45) is -39.3. The highest BCUT2D eigenvalue weighted by atomic mass is 28.4. The monoisotopic (exact) mass is 698 g/mol. The zero-order chi connectivity index (χ0) is 34.6. The molecule has 0 aromatic carbocycles. The van der Waals surface area contributed by atoms with Gasteiger partial charge in [0.1, 0.15) is 0 Å². The molecule has 0 aliphatic heterocycles. The van der Waals surface area contributed by atoms with Crippen LogP contribution in [0.15, 0.2) is 4.99 Å². The molecule has 0 heterocycles. The SMILES string of the molecule is CCO[Si](CCCN=C([O-])C(F)(OC(F)(F)C(F)(OC(F)(F)C(F)(F)C(F)(F)F)C(F)(F)F)C(F)(F)F)(OCC)OCC. The van der Waals surface area contributed by atoms with Crippen molar-refractivity contribution in [3.63, 3.8) is 0 Å². The number of aliphatic imine (C=N–C) groups is 1. The van der Waals surface area contributed by atoms with Gasteiger partial charge >= 0.3 is 57.2 Å². The van der Waals surface area contributed by atoms with Crippen molar-refractivity contribution in [2.75, 3.05) is 26.4 Å². The minimum absolute atomic E-state index is 0.0624. The van der Waals surface area contributed by atoms with Crippen molar-refractivity contribution in [1.82, 2.24) is 0 Å². The average Bonchev–Trinajstić information content (AvgIpc) is 2.79. The highest BCUT2D eigenvalue weighted by Crippen LogP contribution is 2.56. The lowest BCUT2D eigenvalue weighted by Crippen LogP contribution is -2.68. The van der Waals surface area contributed by atoms with Crippen molar-refractivity contribution in [1.29, 1.82) is 0 Å². The second-order valence-electron chi connectivity index (χ2n) is 7.77. The van der Waals surface area contributed by atoms with Gasteiger partial charge in [-0.3, -0.25) is 14.5 Å². The van der Waals surface area contributed by atoms with Gasteiger partial charge in [-0.1, -0.05) is 0 Å². The Morgan fingerprint density at radius 1 is 0.605 bits per heavy atom. The summed E-state index contributed by atoms with van der Waals surface area (Å²) in [5.41, 5.74) is 0. The molecule has 0 aromatic rings. The van der Waals surface area contributed by atoms with Crippen LogP contribution < -0.4 is 5.11 Å². The van der Waals surface area contributed by atoms with Crippen LogP contribution in [0.1, 0.15) is 27.2 Å². The third-order valence-electron chi connectivity index (χ3n) is 4.63. The molecule has 25 heteroatoms. The van der Waals surface area contributed by atoms with Crippen LogP contribution in [0.5, 0.6) is 0 Å². The third-order valence-corrected chi connectivity index (χ3v) is 7.78. The zero-order valence-electron chi connectivity index (χ0n) is 21.6. The Kier molecular flexibility index (Phi) is 13.2. The Bertz CT molecular complexity index is 911. The minimum Gasteiger partial charge on any atom is -0.858 e. The molecule has 0 saturated heterocycles. The van der Waals surface area contributed by atoms with Crippen molar-refractivity contribution < 1.29 is 102 Å². The van der Waals surface area contributed by atoms with Gasteiger partial charge in [-0.15, -0.1) is 0 Å². The van der Waals surface area contributed by atoms with E-state index in [1.54, 1.807) is 0 Å². The Morgan fingerprint density at radius 2 is 1.02 bits per heavy atom. The van der Waals surface area contributed by atoms with Crippen LogP contribution in [-0.4, -0.2) is 89.4 Å². The lowest BCUT2D eigenvalue weighted by Gasteiger charge is -2.41.